The topological polar surface area (TPSA) is 71.8 Å². The fourth-order valence-electron chi connectivity index (χ4n) is 2.97. The van der Waals surface area contributed by atoms with Crippen molar-refractivity contribution in [3.05, 3.63) is 69.8 Å². The average Bonchev–Trinajstić information content (AvgIpc) is 3.23. The zero-order valence-electron chi connectivity index (χ0n) is 13.9. The standard InChI is InChI=1S/C18H17N5OS/c1-11-8-9-14(25-11)16-15(12(2)21-18-19-10-20-23(16)18)17(24)22-13-6-4-3-5-7-13/h3-10,16H,1-2H3,(H,22,24)(H,19,20,21)/t16-/m0/s1. The molecule has 2 N–H and O–H groups in total. The molecule has 1 aliphatic heterocycles. The summed E-state index contributed by atoms with van der Waals surface area (Å²) in [6.07, 6.45) is 1.50. The zero-order valence-corrected chi connectivity index (χ0v) is 14.7. The number of aromatic nitrogens is 3. The van der Waals surface area contributed by atoms with E-state index in [2.05, 4.69) is 33.7 Å². The number of rotatable bonds is 3. The van der Waals surface area contributed by atoms with E-state index in [1.54, 1.807) is 16.0 Å². The molecule has 0 radical (unpaired) electrons. The molecule has 3 heterocycles. The Kier molecular flexibility index (Phi) is 3.85. The molecule has 0 saturated carbocycles. The summed E-state index contributed by atoms with van der Waals surface area (Å²) in [5, 5.41) is 10.5. The fourth-order valence-corrected chi connectivity index (χ4v) is 3.94. The van der Waals surface area contributed by atoms with Crippen LogP contribution >= 0.6 is 11.3 Å². The summed E-state index contributed by atoms with van der Waals surface area (Å²) in [6.45, 7) is 3.95. The largest absolute Gasteiger partial charge is 0.328 e. The number of carbonyl (C=O) groups excluding carboxylic acids is 1. The van der Waals surface area contributed by atoms with Gasteiger partial charge in [0, 0.05) is 21.1 Å². The van der Waals surface area contributed by atoms with Gasteiger partial charge < -0.3 is 10.6 Å². The maximum atomic E-state index is 13.0. The normalized spacial score (nSPS) is 16.3. The minimum absolute atomic E-state index is 0.145. The lowest BCUT2D eigenvalue weighted by molar-refractivity contribution is -0.113. The van der Waals surface area contributed by atoms with Gasteiger partial charge in [0.15, 0.2) is 0 Å². The molecule has 7 heteroatoms. The molecule has 6 nitrogen and oxygen atoms in total. The maximum Gasteiger partial charge on any atom is 0.255 e. The number of para-hydroxylation sites is 1. The van der Waals surface area contributed by atoms with Crippen LogP contribution in [0, 0.1) is 6.92 Å². The van der Waals surface area contributed by atoms with E-state index in [0.717, 1.165) is 16.3 Å². The van der Waals surface area contributed by atoms with Crippen molar-refractivity contribution in [1.82, 2.24) is 14.8 Å². The molecule has 0 unspecified atom stereocenters. The molecule has 3 aromatic rings. The highest BCUT2D eigenvalue weighted by Crippen LogP contribution is 2.37. The molecule has 1 aliphatic rings. The number of carbonyl (C=O) groups is 1. The van der Waals surface area contributed by atoms with Crippen LogP contribution in [0.4, 0.5) is 11.6 Å². The third-order valence-electron chi connectivity index (χ3n) is 4.10. The predicted octanol–water partition coefficient (Wildman–Crippen LogP) is 3.58. The minimum atomic E-state index is -0.291. The third-order valence-corrected chi connectivity index (χ3v) is 5.15. The van der Waals surface area contributed by atoms with Crippen LogP contribution in [0.1, 0.15) is 22.7 Å². The van der Waals surface area contributed by atoms with Crippen LogP contribution in [-0.2, 0) is 4.79 Å². The van der Waals surface area contributed by atoms with Gasteiger partial charge in [-0.15, -0.1) is 11.3 Å². The second-order valence-corrected chi connectivity index (χ2v) is 7.18. The van der Waals surface area contributed by atoms with Gasteiger partial charge in [-0.25, -0.2) is 4.68 Å². The van der Waals surface area contributed by atoms with Gasteiger partial charge in [0.1, 0.15) is 12.4 Å². The number of hydrogen-bond donors (Lipinski definition) is 2. The molecule has 1 atom stereocenters. The molecule has 0 saturated heterocycles. The van der Waals surface area contributed by atoms with Gasteiger partial charge in [0.05, 0.1) is 5.57 Å². The number of anilines is 2. The van der Waals surface area contributed by atoms with Gasteiger partial charge in [-0.3, -0.25) is 4.79 Å². The van der Waals surface area contributed by atoms with Crippen LogP contribution in [0.2, 0.25) is 0 Å². The SMILES string of the molecule is CC1=C(C(=O)Nc2ccccc2)[C@H](c2ccc(C)s2)n2ncnc2N1. The fraction of sp³-hybridized carbons (Fsp3) is 0.167. The number of thiophene rings is 1. The minimum Gasteiger partial charge on any atom is -0.328 e. The summed E-state index contributed by atoms with van der Waals surface area (Å²) >= 11 is 1.66. The summed E-state index contributed by atoms with van der Waals surface area (Å²) in [7, 11) is 0. The number of fused-ring (bicyclic) bond motifs is 1. The highest BCUT2D eigenvalue weighted by Gasteiger charge is 2.34. The van der Waals surface area contributed by atoms with Crippen LogP contribution in [-0.4, -0.2) is 20.7 Å². The Morgan fingerprint density at radius 1 is 1.20 bits per heavy atom. The van der Waals surface area contributed by atoms with Crippen molar-refractivity contribution in [3.8, 4) is 0 Å². The van der Waals surface area contributed by atoms with Crippen molar-refractivity contribution in [2.45, 2.75) is 19.9 Å². The second kappa shape index (κ2) is 6.18. The number of nitrogens with one attached hydrogen (secondary N) is 2. The van der Waals surface area contributed by atoms with Crippen LogP contribution in [0.25, 0.3) is 0 Å². The van der Waals surface area contributed by atoms with E-state index < -0.39 is 0 Å². The molecule has 0 bridgehead atoms. The van der Waals surface area contributed by atoms with Crippen molar-refractivity contribution in [1.29, 1.82) is 0 Å². The highest BCUT2D eigenvalue weighted by molar-refractivity contribution is 7.12. The van der Waals surface area contributed by atoms with Crippen molar-refractivity contribution >= 4 is 28.9 Å². The van der Waals surface area contributed by atoms with Gasteiger partial charge in [-0.05, 0) is 38.1 Å². The summed E-state index contributed by atoms with van der Waals surface area (Å²) < 4.78 is 1.76. The first-order valence-corrected chi connectivity index (χ1v) is 8.75. The van der Waals surface area contributed by atoms with Crippen molar-refractivity contribution in [3.63, 3.8) is 0 Å². The summed E-state index contributed by atoms with van der Waals surface area (Å²) in [6, 6.07) is 13.3. The quantitative estimate of drug-likeness (QED) is 0.757. The third kappa shape index (κ3) is 2.83. The van der Waals surface area contributed by atoms with Crippen molar-refractivity contribution in [2.75, 3.05) is 10.6 Å². The Hall–Kier alpha value is -2.93. The molecule has 0 spiro atoms. The highest BCUT2D eigenvalue weighted by atomic mass is 32.1. The smallest absolute Gasteiger partial charge is 0.255 e. The Balaban J connectivity index is 1.76. The zero-order chi connectivity index (χ0) is 17.4. The van der Waals surface area contributed by atoms with Crippen LogP contribution < -0.4 is 10.6 Å². The van der Waals surface area contributed by atoms with Gasteiger partial charge in [0.25, 0.3) is 5.91 Å². The van der Waals surface area contributed by atoms with E-state index in [0.29, 0.717) is 11.5 Å². The molecule has 2 aromatic heterocycles. The molecule has 25 heavy (non-hydrogen) atoms. The molecule has 1 amide bonds. The second-order valence-electron chi connectivity index (χ2n) is 5.86. The van der Waals surface area contributed by atoms with Gasteiger partial charge >= 0.3 is 0 Å². The predicted molar refractivity (Wildman–Crippen MR) is 98.6 cm³/mol. The Morgan fingerprint density at radius 3 is 2.72 bits per heavy atom. The molecule has 0 aliphatic carbocycles. The average molecular weight is 351 g/mol. The van der Waals surface area contributed by atoms with Crippen molar-refractivity contribution in [2.24, 2.45) is 0 Å². The van der Waals surface area contributed by atoms with E-state index >= 15 is 0 Å². The lowest BCUT2D eigenvalue weighted by Crippen LogP contribution is -2.31. The maximum absolute atomic E-state index is 13.0. The van der Waals surface area contributed by atoms with Gasteiger partial charge in [-0.2, -0.15) is 10.1 Å². The summed E-state index contributed by atoms with van der Waals surface area (Å²) in [5.74, 6) is 0.498. The van der Waals surface area contributed by atoms with E-state index in [4.69, 9.17) is 0 Å². The lowest BCUT2D eigenvalue weighted by Gasteiger charge is -2.27. The first-order valence-electron chi connectivity index (χ1n) is 7.93. The first kappa shape index (κ1) is 15.6. The van der Waals surface area contributed by atoms with Crippen LogP contribution in [0.3, 0.4) is 0 Å². The molecule has 1 aromatic carbocycles. The van der Waals surface area contributed by atoms with E-state index in [1.165, 1.54) is 11.2 Å². The monoisotopic (exact) mass is 351 g/mol. The Bertz CT molecular complexity index is 957. The first-order chi connectivity index (χ1) is 12.1. The van der Waals surface area contributed by atoms with Crippen molar-refractivity contribution < 1.29 is 4.79 Å². The summed E-state index contributed by atoms with van der Waals surface area (Å²) in [4.78, 5) is 19.5. The molecule has 4 rings (SSSR count). The lowest BCUT2D eigenvalue weighted by atomic mass is 10.0. The van der Waals surface area contributed by atoms with E-state index in [9.17, 15) is 4.79 Å². The summed E-state index contributed by atoms with van der Waals surface area (Å²) in [5.41, 5.74) is 2.19. The number of benzene rings is 1. The number of amides is 1. The van der Waals surface area contributed by atoms with Crippen LogP contribution in [0.15, 0.2) is 60.1 Å². The van der Waals surface area contributed by atoms with E-state index in [1.807, 2.05) is 43.3 Å². The number of hydrogen-bond acceptors (Lipinski definition) is 5. The number of aryl methyl sites for hydroxylation is 1. The molecule has 0 fully saturated rings. The Labute approximate surface area is 149 Å². The van der Waals surface area contributed by atoms with E-state index in [-0.39, 0.29) is 11.9 Å². The van der Waals surface area contributed by atoms with Gasteiger partial charge in [0.2, 0.25) is 5.95 Å². The van der Waals surface area contributed by atoms with Crippen LogP contribution in [0.5, 0.6) is 0 Å². The number of allylic oxidation sites excluding steroid dienone is 1. The molecular weight excluding hydrogens is 334 g/mol. The molecular formula is C18H17N5OS. The number of nitrogens with zero attached hydrogens (tertiary/aromatic N) is 3. The Morgan fingerprint density at radius 2 is 2.00 bits per heavy atom. The van der Waals surface area contributed by atoms with Gasteiger partial charge in [-0.1, -0.05) is 18.2 Å². The molecule has 126 valence electrons.